The van der Waals surface area contributed by atoms with Crippen LogP contribution in [0.4, 0.5) is 16.2 Å². The van der Waals surface area contributed by atoms with Crippen molar-refractivity contribution in [2.75, 3.05) is 43.1 Å². The molecular weight excluding hydrogens is 584 g/mol. The van der Waals surface area contributed by atoms with Crippen molar-refractivity contribution in [1.82, 2.24) is 9.80 Å². The van der Waals surface area contributed by atoms with Crippen molar-refractivity contribution in [3.05, 3.63) is 53.6 Å². The standard InChI is InChI=1S/C36H46N4O6/c1-24-31-27(37-19-15-36(16-20-37)17-21-38(22-18-36)34(44)46-35(2,3)4)7-6-8-28(31)40(32(24)42)29-13-14-30(41)39(33(29)43)23-25-9-11-26(45-5)12-10-25/h6-12,24,29H,13-23H2,1-5H3. The summed E-state index contributed by atoms with van der Waals surface area (Å²) in [5.74, 6) is -0.329. The van der Waals surface area contributed by atoms with E-state index in [4.69, 9.17) is 9.47 Å². The van der Waals surface area contributed by atoms with Crippen LogP contribution < -0.4 is 14.5 Å². The van der Waals surface area contributed by atoms with Crippen LogP contribution in [0, 0.1) is 5.41 Å². The minimum absolute atomic E-state index is 0.0949. The number of hydrogen-bond donors (Lipinski definition) is 0. The van der Waals surface area contributed by atoms with Crippen molar-refractivity contribution >= 4 is 35.2 Å². The molecule has 1 spiro atoms. The normalized spacial score (nSPS) is 23.2. The molecule has 0 aliphatic carbocycles. The monoisotopic (exact) mass is 630 g/mol. The number of amides is 4. The van der Waals surface area contributed by atoms with Crippen molar-refractivity contribution in [1.29, 1.82) is 0 Å². The quantitative estimate of drug-likeness (QED) is 0.404. The number of anilines is 2. The zero-order chi connectivity index (χ0) is 32.8. The fourth-order valence-electron chi connectivity index (χ4n) is 7.60. The second kappa shape index (κ2) is 12.3. The number of nitrogens with zero attached hydrogens (tertiary/aromatic N) is 4. The summed E-state index contributed by atoms with van der Waals surface area (Å²) < 4.78 is 10.8. The number of rotatable bonds is 5. The molecule has 0 saturated carbocycles. The molecule has 10 heteroatoms. The first-order chi connectivity index (χ1) is 21.9. The van der Waals surface area contributed by atoms with Gasteiger partial charge in [-0.3, -0.25) is 24.2 Å². The van der Waals surface area contributed by atoms with Crippen LogP contribution in [0.2, 0.25) is 0 Å². The van der Waals surface area contributed by atoms with E-state index in [1.165, 1.54) is 4.90 Å². The molecule has 2 unspecified atom stereocenters. The lowest BCUT2D eigenvalue weighted by Gasteiger charge is -2.47. The van der Waals surface area contributed by atoms with Crippen LogP contribution in [0.3, 0.4) is 0 Å². The van der Waals surface area contributed by atoms with Crippen molar-refractivity contribution in [3.63, 3.8) is 0 Å². The molecule has 0 aromatic heterocycles. The molecule has 10 nitrogen and oxygen atoms in total. The third-order valence-corrected chi connectivity index (χ3v) is 10.3. The van der Waals surface area contributed by atoms with Crippen LogP contribution in [0.25, 0.3) is 0 Å². The van der Waals surface area contributed by atoms with Crippen molar-refractivity contribution in [3.8, 4) is 5.75 Å². The number of benzene rings is 2. The number of carbonyl (C=O) groups is 4. The molecule has 3 fully saturated rings. The lowest BCUT2D eigenvalue weighted by molar-refractivity contribution is -0.150. The highest BCUT2D eigenvalue weighted by molar-refractivity contribution is 6.13. The summed E-state index contributed by atoms with van der Waals surface area (Å²) in [7, 11) is 1.59. The second-order valence-corrected chi connectivity index (χ2v) is 14.3. The summed E-state index contributed by atoms with van der Waals surface area (Å²) in [6, 6.07) is 12.6. The van der Waals surface area contributed by atoms with Gasteiger partial charge in [-0.05, 0) is 95.0 Å². The van der Waals surface area contributed by atoms with Crippen LogP contribution in [0.15, 0.2) is 42.5 Å². The largest absolute Gasteiger partial charge is 0.497 e. The molecule has 2 aromatic carbocycles. The molecule has 0 bridgehead atoms. The third-order valence-electron chi connectivity index (χ3n) is 10.3. The number of carbonyl (C=O) groups excluding carboxylic acids is 4. The van der Waals surface area contributed by atoms with E-state index in [-0.39, 0.29) is 48.1 Å². The summed E-state index contributed by atoms with van der Waals surface area (Å²) in [6.45, 7) is 10.9. The third kappa shape index (κ3) is 6.06. The predicted octanol–water partition coefficient (Wildman–Crippen LogP) is 5.48. The van der Waals surface area contributed by atoms with Gasteiger partial charge in [0, 0.05) is 43.9 Å². The first-order valence-corrected chi connectivity index (χ1v) is 16.6. The van der Waals surface area contributed by atoms with Gasteiger partial charge in [0.1, 0.15) is 17.4 Å². The average Bonchev–Trinajstić information content (AvgIpc) is 3.29. The zero-order valence-electron chi connectivity index (χ0n) is 27.7. The molecule has 46 heavy (non-hydrogen) atoms. The Labute approximate surface area is 271 Å². The molecule has 4 amide bonds. The van der Waals surface area contributed by atoms with Gasteiger partial charge >= 0.3 is 6.09 Å². The van der Waals surface area contributed by atoms with Gasteiger partial charge in [-0.2, -0.15) is 0 Å². The lowest BCUT2D eigenvalue weighted by atomic mass is 9.71. The maximum atomic E-state index is 13.9. The number of piperidine rings is 3. The number of likely N-dealkylation sites (tertiary alicyclic amines) is 2. The topological polar surface area (TPSA) is 99.7 Å². The summed E-state index contributed by atoms with van der Waals surface area (Å²) in [4.78, 5) is 60.4. The second-order valence-electron chi connectivity index (χ2n) is 14.3. The highest BCUT2D eigenvalue weighted by Crippen LogP contribution is 2.48. The first kappa shape index (κ1) is 31.9. The number of imide groups is 1. The molecule has 6 rings (SSSR count). The van der Waals surface area contributed by atoms with Crippen LogP contribution in [0.1, 0.15) is 83.3 Å². The molecule has 2 atom stereocenters. The van der Waals surface area contributed by atoms with Gasteiger partial charge in [-0.15, -0.1) is 0 Å². The highest BCUT2D eigenvalue weighted by Gasteiger charge is 2.47. The van der Waals surface area contributed by atoms with Gasteiger partial charge < -0.3 is 19.3 Å². The maximum absolute atomic E-state index is 13.9. The van der Waals surface area contributed by atoms with Crippen molar-refractivity contribution in [2.24, 2.45) is 5.41 Å². The smallest absolute Gasteiger partial charge is 0.410 e. The van der Waals surface area contributed by atoms with Crippen LogP contribution >= 0.6 is 0 Å². The average molecular weight is 631 g/mol. The van der Waals surface area contributed by atoms with E-state index >= 15 is 0 Å². The summed E-state index contributed by atoms with van der Waals surface area (Å²) in [6.07, 6.45) is 4.26. The summed E-state index contributed by atoms with van der Waals surface area (Å²) in [5.41, 5.74) is 3.32. The van der Waals surface area contributed by atoms with Gasteiger partial charge in [0.15, 0.2) is 0 Å². The number of fused-ring (bicyclic) bond motifs is 1. The number of hydrogen-bond acceptors (Lipinski definition) is 7. The van der Waals surface area contributed by atoms with Crippen molar-refractivity contribution in [2.45, 2.75) is 90.3 Å². The Balaban J connectivity index is 1.15. The zero-order valence-corrected chi connectivity index (χ0v) is 27.7. The van der Waals surface area contributed by atoms with E-state index in [1.54, 1.807) is 12.0 Å². The van der Waals surface area contributed by atoms with E-state index in [9.17, 15) is 19.2 Å². The molecule has 2 aromatic rings. The van der Waals surface area contributed by atoms with E-state index < -0.39 is 11.6 Å². The Bertz CT molecular complexity index is 1500. The van der Waals surface area contributed by atoms with E-state index in [0.29, 0.717) is 25.3 Å². The number of methoxy groups -OCH3 is 1. The van der Waals surface area contributed by atoms with Crippen LogP contribution in [0.5, 0.6) is 5.75 Å². The Kier molecular flexibility index (Phi) is 8.50. The molecule has 4 aliphatic rings. The van der Waals surface area contributed by atoms with Gasteiger partial charge in [0.25, 0.3) is 5.91 Å². The minimum atomic E-state index is -0.720. The minimum Gasteiger partial charge on any atom is -0.497 e. The first-order valence-electron chi connectivity index (χ1n) is 16.6. The van der Waals surface area contributed by atoms with E-state index in [0.717, 1.165) is 61.3 Å². The molecule has 4 aliphatic heterocycles. The van der Waals surface area contributed by atoms with Gasteiger partial charge in [-0.1, -0.05) is 18.2 Å². The van der Waals surface area contributed by atoms with Crippen molar-refractivity contribution < 1.29 is 28.7 Å². The summed E-state index contributed by atoms with van der Waals surface area (Å²) in [5, 5.41) is 0. The Hall–Kier alpha value is -4.08. The SMILES string of the molecule is COc1ccc(CN2C(=O)CCC(N3C(=O)C(C)c4c(N5CCC6(CCN(C(=O)OC(C)(C)C)CC6)CC5)cccc43)C2=O)cc1. The Morgan fingerprint density at radius 3 is 2.15 bits per heavy atom. The highest BCUT2D eigenvalue weighted by atomic mass is 16.6. The maximum Gasteiger partial charge on any atom is 0.410 e. The van der Waals surface area contributed by atoms with Gasteiger partial charge in [0.05, 0.1) is 25.3 Å². The molecule has 3 saturated heterocycles. The van der Waals surface area contributed by atoms with E-state index in [2.05, 4.69) is 11.0 Å². The predicted molar refractivity (Wildman–Crippen MR) is 175 cm³/mol. The Morgan fingerprint density at radius 2 is 1.52 bits per heavy atom. The van der Waals surface area contributed by atoms with Gasteiger partial charge in [0.2, 0.25) is 11.8 Å². The molecule has 0 N–H and O–H groups in total. The molecule has 246 valence electrons. The van der Waals surface area contributed by atoms with Gasteiger partial charge in [-0.25, -0.2) is 4.79 Å². The Morgan fingerprint density at radius 1 is 0.891 bits per heavy atom. The fourth-order valence-corrected chi connectivity index (χ4v) is 7.60. The fraction of sp³-hybridized carbons (Fsp3) is 0.556. The summed E-state index contributed by atoms with van der Waals surface area (Å²) >= 11 is 0. The number of ether oxygens (including phenoxy) is 2. The molecule has 4 heterocycles. The van der Waals surface area contributed by atoms with Crippen LogP contribution in [-0.2, 0) is 25.7 Å². The molecule has 0 radical (unpaired) electrons. The lowest BCUT2D eigenvalue weighted by Crippen LogP contribution is -2.55. The van der Waals surface area contributed by atoms with Crippen LogP contribution in [-0.4, -0.2) is 78.5 Å². The van der Waals surface area contributed by atoms with E-state index in [1.807, 2.05) is 69.0 Å². The molecular formula is C36H46N4O6.